The van der Waals surface area contributed by atoms with Gasteiger partial charge >= 0.3 is 5.63 Å². The Morgan fingerprint density at radius 2 is 1.74 bits per heavy atom. The normalized spacial score (nSPS) is 10.8. The van der Waals surface area contributed by atoms with Crippen molar-refractivity contribution in [2.75, 3.05) is 5.73 Å². The van der Waals surface area contributed by atoms with E-state index >= 15 is 0 Å². The summed E-state index contributed by atoms with van der Waals surface area (Å²) < 4.78 is 5.36. The summed E-state index contributed by atoms with van der Waals surface area (Å²) in [5.74, 6) is 0.558. The number of nitrogens with two attached hydrogens (primary N) is 1. The van der Waals surface area contributed by atoms with Gasteiger partial charge in [-0.15, -0.1) is 0 Å². The smallest absolute Gasteiger partial charge is 0.344 e. The first-order valence-corrected chi connectivity index (χ1v) is 6.04. The molecule has 0 aliphatic rings. The molecule has 2 aromatic carbocycles. The lowest BCUT2D eigenvalue weighted by Crippen LogP contribution is -2.00. The van der Waals surface area contributed by atoms with Crippen molar-refractivity contribution in [1.82, 2.24) is 0 Å². The van der Waals surface area contributed by atoms with E-state index in [1.54, 1.807) is 18.2 Å². The highest BCUT2D eigenvalue weighted by Gasteiger charge is 2.06. The Labute approximate surface area is 110 Å². The van der Waals surface area contributed by atoms with Gasteiger partial charge in [-0.2, -0.15) is 0 Å². The van der Waals surface area contributed by atoms with E-state index in [1.807, 2.05) is 37.3 Å². The summed E-state index contributed by atoms with van der Waals surface area (Å²) in [4.78, 5) is 11.9. The predicted molar refractivity (Wildman–Crippen MR) is 77.1 cm³/mol. The molecule has 0 unspecified atom stereocenters. The first-order valence-electron chi connectivity index (χ1n) is 6.04. The molecule has 0 spiro atoms. The highest BCUT2D eigenvalue weighted by atomic mass is 16.4. The molecule has 3 heteroatoms. The van der Waals surface area contributed by atoms with Crippen LogP contribution >= 0.6 is 0 Å². The van der Waals surface area contributed by atoms with Gasteiger partial charge in [0.05, 0.1) is 5.39 Å². The number of aryl methyl sites for hydroxylation is 1. The molecule has 0 radical (unpaired) electrons. The Kier molecular flexibility index (Phi) is 2.60. The summed E-state index contributed by atoms with van der Waals surface area (Å²) in [6.45, 7) is 2.01. The molecular formula is C16H13NO2. The molecule has 3 aromatic rings. The Morgan fingerprint density at radius 3 is 2.47 bits per heavy atom. The van der Waals surface area contributed by atoms with Gasteiger partial charge in [-0.05, 0) is 36.6 Å². The van der Waals surface area contributed by atoms with Crippen LogP contribution < -0.4 is 11.4 Å². The molecule has 0 atom stereocenters. The first-order chi connectivity index (χ1) is 9.13. The Balaban J connectivity index is 2.25. The van der Waals surface area contributed by atoms with Gasteiger partial charge in [0.1, 0.15) is 5.76 Å². The lowest BCUT2D eigenvalue weighted by atomic mass is 10.1. The summed E-state index contributed by atoms with van der Waals surface area (Å²) in [5, 5.41) is 1.34. The zero-order valence-corrected chi connectivity index (χ0v) is 10.5. The number of rotatable bonds is 1. The summed E-state index contributed by atoms with van der Waals surface area (Å²) in [6.07, 6.45) is 0. The summed E-state index contributed by atoms with van der Waals surface area (Å²) in [7, 11) is 0. The second kappa shape index (κ2) is 4.28. The van der Waals surface area contributed by atoms with E-state index in [0.29, 0.717) is 16.8 Å². The quantitative estimate of drug-likeness (QED) is 0.675. The van der Waals surface area contributed by atoms with Gasteiger partial charge in [0.2, 0.25) is 0 Å². The molecule has 94 valence electrons. The van der Waals surface area contributed by atoms with Crippen LogP contribution in [0.5, 0.6) is 0 Å². The average Bonchev–Trinajstić information content (AvgIpc) is 2.38. The fourth-order valence-electron chi connectivity index (χ4n) is 2.07. The minimum absolute atomic E-state index is 0.340. The highest BCUT2D eigenvalue weighted by molar-refractivity contribution is 5.86. The van der Waals surface area contributed by atoms with E-state index in [-0.39, 0.29) is 5.63 Å². The lowest BCUT2D eigenvalue weighted by Gasteiger charge is -2.03. The van der Waals surface area contributed by atoms with Crippen molar-refractivity contribution in [1.29, 1.82) is 0 Å². The van der Waals surface area contributed by atoms with E-state index in [2.05, 4.69) is 0 Å². The SMILES string of the molecule is Cc1ccc(-c2cc3cc(N)ccc3c(=O)o2)cc1. The molecule has 0 amide bonds. The number of nitrogen functional groups attached to an aromatic ring is 1. The first kappa shape index (κ1) is 11.5. The maximum absolute atomic E-state index is 11.9. The van der Waals surface area contributed by atoms with Crippen LogP contribution in [0.2, 0.25) is 0 Å². The standard InChI is InChI=1S/C16H13NO2/c1-10-2-4-11(5-3-10)15-9-12-8-13(17)6-7-14(12)16(18)19-15/h2-9H,17H2,1H3. The third-order valence-corrected chi connectivity index (χ3v) is 3.12. The maximum Gasteiger partial charge on any atom is 0.344 e. The van der Waals surface area contributed by atoms with E-state index < -0.39 is 0 Å². The molecule has 0 aliphatic heterocycles. The summed E-state index contributed by atoms with van der Waals surface area (Å²) >= 11 is 0. The summed E-state index contributed by atoms with van der Waals surface area (Å²) in [5.41, 5.74) is 8.09. The molecule has 19 heavy (non-hydrogen) atoms. The van der Waals surface area contributed by atoms with Crippen LogP contribution in [0.3, 0.4) is 0 Å². The summed E-state index contributed by atoms with van der Waals surface area (Å²) in [6, 6.07) is 14.9. The van der Waals surface area contributed by atoms with Gasteiger partial charge in [0.25, 0.3) is 0 Å². The van der Waals surface area contributed by atoms with Crippen LogP contribution in [0.4, 0.5) is 5.69 Å². The zero-order valence-electron chi connectivity index (χ0n) is 10.5. The number of benzene rings is 2. The molecule has 0 saturated heterocycles. The van der Waals surface area contributed by atoms with E-state index in [0.717, 1.165) is 16.5 Å². The van der Waals surface area contributed by atoms with E-state index in [9.17, 15) is 4.79 Å². The van der Waals surface area contributed by atoms with Crippen molar-refractivity contribution in [3.63, 3.8) is 0 Å². The minimum Gasteiger partial charge on any atom is -0.422 e. The molecule has 0 bridgehead atoms. The minimum atomic E-state index is -0.340. The van der Waals surface area contributed by atoms with Crippen LogP contribution in [-0.2, 0) is 0 Å². The van der Waals surface area contributed by atoms with Gasteiger partial charge in [-0.3, -0.25) is 0 Å². The van der Waals surface area contributed by atoms with Crippen LogP contribution in [0.25, 0.3) is 22.1 Å². The maximum atomic E-state index is 11.9. The van der Waals surface area contributed by atoms with Gasteiger partial charge in [-0.1, -0.05) is 29.8 Å². The van der Waals surface area contributed by atoms with Crippen LogP contribution in [0.15, 0.2) is 57.7 Å². The number of fused-ring (bicyclic) bond motifs is 1. The van der Waals surface area contributed by atoms with Gasteiger partial charge < -0.3 is 10.2 Å². The molecule has 0 aliphatic carbocycles. The molecular weight excluding hydrogens is 238 g/mol. The van der Waals surface area contributed by atoms with Gasteiger partial charge in [0, 0.05) is 11.3 Å². The van der Waals surface area contributed by atoms with Gasteiger partial charge in [0.15, 0.2) is 0 Å². The second-order valence-corrected chi connectivity index (χ2v) is 4.61. The van der Waals surface area contributed by atoms with E-state index in [4.69, 9.17) is 10.2 Å². The zero-order chi connectivity index (χ0) is 13.4. The van der Waals surface area contributed by atoms with Crippen LogP contribution in [-0.4, -0.2) is 0 Å². The largest absolute Gasteiger partial charge is 0.422 e. The molecule has 0 saturated carbocycles. The van der Waals surface area contributed by atoms with Crippen molar-refractivity contribution in [3.05, 3.63) is 64.5 Å². The van der Waals surface area contributed by atoms with Crippen LogP contribution in [0, 0.1) is 6.92 Å². The van der Waals surface area contributed by atoms with Crippen molar-refractivity contribution >= 4 is 16.5 Å². The Morgan fingerprint density at radius 1 is 1.00 bits per heavy atom. The molecule has 3 nitrogen and oxygen atoms in total. The monoisotopic (exact) mass is 251 g/mol. The molecule has 3 rings (SSSR count). The third kappa shape index (κ3) is 2.10. The fraction of sp³-hybridized carbons (Fsp3) is 0.0625. The highest BCUT2D eigenvalue weighted by Crippen LogP contribution is 2.23. The topological polar surface area (TPSA) is 56.2 Å². The lowest BCUT2D eigenvalue weighted by molar-refractivity contribution is 0.535. The van der Waals surface area contributed by atoms with Crippen molar-refractivity contribution in [3.8, 4) is 11.3 Å². The predicted octanol–water partition coefficient (Wildman–Crippen LogP) is 3.35. The number of hydrogen-bond acceptors (Lipinski definition) is 3. The molecule has 1 aromatic heterocycles. The van der Waals surface area contributed by atoms with Crippen LogP contribution in [0.1, 0.15) is 5.56 Å². The number of hydrogen-bond donors (Lipinski definition) is 1. The average molecular weight is 251 g/mol. The van der Waals surface area contributed by atoms with Crippen molar-refractivity contribution in [2.24, 2.45) is 0 Å². The third-order valence-electron chi connectivity index (χ3n) is 3.12. The van der Waals surface area contributed by atoms with Crippen molar-refractivity contribution in [2.45, 2.75) is 6.92 Å². The second-order valence-electron chi connectivity index (χ2n) is 4.61. The van der Waals surface area contributed by atoms with Crippen molar-refractivity contribution < 1.29 is 4.42 Å². The molecule has 0 fully saturated rings. The van der Waals surface area contributed by atoms with Gasteiger partial charge in [-0.25, -0.2) is 4.79 Å². The molecule has 1 heterocycles. The Hall–Kier alpha value is -2.55. The Bertz CT molecular complexity index is 801. The van der Waals surface area contributed by atoms with E-state index in [1.165, 1.54) is 0 Å². The fourth-order valence-corrected chi connectivity index (χ4v) is 2.07. The number of anilines is 1. The molecule has 2 N–H and O–H groups in total.